The van der Waals surface area contributed by atoms with E-state index < -0.39 is 0 Å². The summed E-state index contributed by atoms with van der Waals surface area (Å²) in [6.07, 6.45) is 4.46. The maximum Gasteiger partial charge on any atom is 0.193 e. The van der Waals surface area contributed by atoms with Crippen LogP contribution in [-0.4, -0.2) is 52.3 Å². The van der Waals surface area contributed by atoms with Gasteiger partial charge >= 0.3 is 0 Å². The Morgan fingerprint density at radius 3 is 2.95 bits per heavy atom. The van der Waals surface area contributed by atoms with Crippen molar-refractivity contribution in [3.63, 3.8) is 0 Å². The topological polar surface area (TPSA) is 58.3 Å². The van der Waals surface area contributed by atoms with E-state index in [0.717, 1.165) is 32.1 Å². The molecule has 0 saturated carbocycles. The summed E-state index contributed by atoms with van der Waals surface area (Å²) >= 11 is 0. The number of nitrogens with zero attached hydrogens (tertiary/aromatic N) is 5. The maximum atomic E-state index is 4.40. The normalized spacial score (nSPS) is 18.7. The van der Waals surface area contributed by atoms with Crippen molar-refractivity contribution < 1.29 is 0 Å². The van der Waals surface area contributed by atoms with Crippen molar-refractivity contribution in [2.45, 2.75) is 18.9 Å². The number of hydrogen-bond acceptors (Lipinski definition) is 3. The van der Waals surface area contributed by atoms with Gasteiger partial charge in [0.2, 0.25) is 0 Å². The Labute approximate surface area is 130 Å². The largest absolute Gasteiger partial charge is 0.354 e. The van der Waals surface area contributed by atoms with Crippen LogP contribution in [0.4, 0.5) is 0 Å². The zero-order valence-electron chi connectivity index (χ0n) is 12.9. The summed E-state index contributed by atoms with van der Waals surface area (Å²) in [6, 6.07) is 10.7. The van der Waals surface area contributed by atoms with Gasteiger partial charge in [-0.05, 0) is 12.0 Å². The van der Waals surface area contributed by atoms with Crippen LogP contribution in [0, 0.1) is 0 Å². The molecule has 2 heterocycles. The zero-order valence-corrected chi connectivity index (χ0v) is 12.9. The summed E-state index contributed by atoms with van der Waals surface area (Å²) in [5.74, 6) is 1.56. The van der Waals surface area contributed by atoms with Crippen molar-refractivity contribution in [1.82, 2.24) is 25.0 Å². The molecule has 0 bridgehead atoms. The van der Waals surface area contributed by atoms with Crippen LogP contribution < -0.4 is 5.32 Å². The molecule has 1 saturated heterocycles. The predicted molar refractivity (Wildman–Crippen MR) is 86.8 cm³/mol. The monoisotopic (exact) mass is 298 g/mol. The molecule has 22 heavy (non-hydrogen) atoms. The number of aliphatic imine (C=N–C) groups is 1. The third-order valence-corrected chi connectivity index (χ3v) is 4.06. The molecule has 6 nitrogen and oxygen atoms in total. The summed E-state index contributed by atoms with van der Waals surface area (Å²) < 4.78 is 1.82. The third-order valence-electron chi connectivity index (χ3n) is 4.06. The number of likely N-dealkylation sites (tertiary alicyclic amines) is 1. The second-order valence-corrected chi connectivity index (χ2v) is 5.47. The Morgan fingerprint density at radius 2 is 2.23 bits per heavy atom. The molecule has 0 aliphatic carbocycles. The molecule has 0 amide bonds. The van der Waals surface area contributed by atoms with Crippen LogP contribution in [0.2, 0.25) is 0 Å². The molecule has 0 radical (unpaired) electrons. The number of guanidine groups is 1. The molecule has 1 unspecified atom stereocenters. The number of nitrogens with one attached hydrogen (secondary N) is 1. The SMILES string of the molecule is CN=C(NCCn1cncn1)N1CCC(c2ccccc2)C1. The first-order valence-electron chi connectivity index (χ1n) is 7.70. The highest BCUT2D eigenvalue weighted by molar-refractivity contribution is 5.80. The van der Waals surface area contributed by atoms with Gasteiger partial charge in [-0.3, -0.25) is 9.67 Å². The van der Waals surface area contributed by atoms with Gasteiger partial charge in [-0.1, -0.05) is 30.3 Å². The molecule has 0 spiro atoms. The Kier molecular flexibility index (Phi) is 4.68. The highest BCUT2D eigenvalue weighted by Crippen LogP contribution is 2.26. The second kappa shape index (κ2) is 7.06. The summed E-state index contributed by atoms with van der Waals surface area (Å²) in [5.41, 5.74) is 1.42. The van der Waals surface area contributed by atoms with E-state index in [9.17, 15) is 0 Å². The number of benzene rings is 1. The van der Waals surface area contributed by atoms with Gasteiger partial charge in [-0.2, -0.15) is 5.10 Å². The second-order valence-electron chi connectivity index (χ2n) is 5.47. The summed E-state index contributed by atoms with van der Waals surface area (Å²) in [5, 5.41) is 7.51. The molecule has 1 aliphatic heterocycles. The van der Waals surface area contributed by atoms with Gasteiger partial charge in [-0.15, -0.1) is 0 Å². The molecule has 1 N–H and O–H groups in total. The lowest BCUT2D eigenvalue weighted by molar-refractivity contribution is 0.479. The van der Waals surface area contributed by atoms with E-state index in [1.165, 1.54) is 12.0 Å². The standard InChI is InChI=1S/C16H22N6/c1-17-16(19-8-10-22-13-18-12-20-22)21-9-7-15(11-21)14-5-3-2-4-6-14/h2-6,12-13,15H,7-11H2,1H3,(H,17,19). The van der Waals surface area contributed by atoms with Gasteiger partial charge in [0, 0.05) is 32.6 Å². The van der Waals surface area contributed by atoms with Crippen LogP contribution in [-0.2, 0) is 6.54 Å². The Bertz CT molecular complexity index is 592. The van der Waals surface area contributed by atoms with Crippen molar-refractivity contribution >= 4 is 5.96 Å². The van der Waals surface area contributed by atoms with Crippen molar-refractivity contribution in [3.05, 3.63) is 48.5 Å². The lowest BCUT2D eigenvalue weighted by Gasteiger charge is -2.21. The highest BCUT2D eigenvalue weighted by Gasteiger charge is 2.25. The smallest absolute Gasteiger partial charge is 0.193 e. The number of hydrogen-bond donors (Lipinski definition) is 1. The van der Waals surface area contributed by atoms with Gasteiger partial charge in [0.15, 0.2) is 5.96 Å². The average Bonchev–Trinajstić information content (AvgIpc) is 3.24. The van der Waals surface area contributed by atoms with E-state index in [1.54, 1.807) is 12.7 Å². The molecule has 1 aromatic heterocycles. The molecule has 3 rings (SSSR count). The van der Waals surface area contributed by atoms with E-state index in [1.807, 2.05) is 11.7 Å². The van der Waals surface area contributed by atoms with E-state index in [-0.39, 0.29) is 0 Å². The molecular weight excluding hydrogens is 276 g/mol. The van der Waals surface area contributed by atoms with Gasteiger partial charge in [0.25, 0.3) is 0 Å². The predicted octanol–water partition coefficient (Wildman–Crippen LogP) is 1.34. The molecule has 1 aliphatic rings. The van der Waals surface area contributed by atoms with Crippen LogP contribution in [0.3, 0.4) is 0 Å². The van der Waals surface area contributed by atoms with Crippen LogP contribution in [0.5, 0.6) is 0 Å². The van der Waals surface area contributed by atoms with Crippen LogP contribution in [0.25, 0.3) is 0 Å². The molecule has 1 aromatic carbocycles. The summed E-state index contributed by atoms with van der Waals surface area (Å²) in [7, 11) is 1.84. The van der Waals surface area contributed by atoms with Crippen molar-refractivity contribution in [1.29, 1.82) is 0 Å². The fourth-order valence-corrected chi connectivity index (χ4v) is 2.91. The van der Waals surface area contributed by atoms with Gasteiger partial charge in [-0.25, -0.2) is 4.98 Å². The quantitative estimate of drug-likeness (QED) is 0.683. The minimum Gasteiger partial charge on any atom is -0.354 e. The van der Waals surface area contributed by atoms with Crippen molar-refractivity contribution in [3.8, 4) is 0 Å². The Balaban J connectivity index is 1.52. The fraction of sp³-hybridized carbons (Fsp3) is 0.438. The summed E-state index contributed by atoms with van der Waals surface area (Å²) in [4.78, 5) is 10.7. The van der Waals surface area contributed by atoms with Gasteiger partial charge < -0.3 is 10.2 Å². The minimum absolute atomic E-state index is 0.593. The zero-order chi connectivity index (χ0) is 15.2. The number of aromatic nitrogens is 3. The van der Waals surface area contributed by atoms with Crippen LogP contribution >= 0.6 is 0 Å². The first-order chi connectivity index (χ1) is 10.9. The Hall–Kier alpha value is -2.37. The van der Waals surface area contributed by atoms with E-state index in [0.29, 0.717) is 5.92 Å². The fourth-order valence-electron chi connectivity index (χ4n) is 2.91. The highest BCUT2D eigenvalue weighted by atomic mass is 15.3. The van der Waals surface area contributed by atoms with Gasteiger partial charge in [0.05, 0.1) is 6.54 Å². The van der Waals surface area contributed by atoms with Crippen molar-refractivity contribution in [2.75, 3.05) is 26.7 Å². The third kappa shape index (κ3) is 3.44. The van der Waals surface area contributed by atoms with Gasteiger partial charge in [0.1, 0.15) is 12.7 Å². The van der Waals surface area contributed by atoms with E-state index in [2.05, 4.69) is 55.6 Å². The number of rotatable bonds is 4. The molecular formula is C16H22N6. The Morgan fingerprint density at radius 1 is 1.36 bits per heavy atom. The average molecular weight is 298 g/mol. The van der Waals surface area contributed by atoms with Crippen molar-refractivity contribution in [2.24, 2.45) is 4.99 Å². The van der Waals surface area contributed by atoms with E-state index in [4.69, 9.17) is 0 Å². The summed E-state index contributed by atoms with van der Waals surface area (Å²) in [6.45, 7) is 3.65. The molecule has 1 atom stereocenters. The lowest BCUT2D eigenvalue weighted by Crippen LogP contribution is -2.41. The first kappa shape index (κ1) is 14.6. The first-order valence-corrected chi connectivity index (χ1v) is 7.70. The molecule has 116 valence electrons. The maximum absolute atomic E-state index is 4.40. The van der Waals surface area contributed by atoms with Crippen LogP contribution in [0.1, 0.15) is 17.9 Å². The molecule has 1 fully saturated rings. The minimum atomic E-state index is 0.593. The van der Waals surface area contributed by atoms with Crippen LogP contribution in [0.15, 0.2) is 48.0 Å². The molecule has 2 aromatic rings. The molecule has 6 heteroatoms. The van der Waals surface area contributed by atoms with E-state index >= 15 is 0 Å². The lowest BCUT2D eigenvalue weighted by atomic mass is 9.99.